The van der Waals surface area contributed by atoms with Crippen LogP contribution in [-0.4, -0.2) is 61.9 Å². The summed E-state index contributed by atoms with van der Waals surface area (Å²) in [5, 5.41) is 0. The van der Waals surface area contributed by atoms with E-state index >= 15 is 0 Å². The van der Waals surface area contributed by atoms with Crippen molar-refractivity contribution in [3.8, 4) is 0 Å². The molecule has 0 aliphatic heterocycles. The molecule has 0 aliphatic rings. The van der Waals surface area contributed by atoms with Crippen LogP contribution in [-0.2, 0) is 47.7 Å². The Balaban J connectivity index is 5.80. The molecule has 10 heteroatoms. The fourth-order valence-electron chi connectivity index (χ4n) is 3.50. The second-order valence-corrected chi connectivity index (χ2v) is 10.1. The van der Waals surface area contributed by atoms with Gasteiger partial charge in [0, 0.05) is 44.6 Å². The van der Waals surface area contributed by atoms with E-state index in [0.717, 1.165) is 0 Å². The van der Waals surface area contributed by atoms with Crippen LogP contribution in [0.4, 0.5) is 0 Å². The van der Waals surface area contributed by atoms with Gasteiger partial charge in [-0.15, -0.1) is 0 Å². The highest BCUT2D eigenvalue weighted by Gasteiger charge is 2.32. The molecule has 0 fully saturated rings. The second kappa shape index (κ2) is 19.2. The lowest BCUT2D eigenvalue weighted by Crippen LogP contribution is -2.39. The van der Waals surface area contributed by atoms with E-state index in [1.54, 1.807) is 19.9 Å². The molecule has 0 radical (unpaired) electrons. The number of carbonyl (C=O) groups excluding carboxylic acids is 5. The Morgan fingerprint density at radius 1 is 0.789 bits per heavy atom. The van der Waals surface area contributed by atoms with Crippen LogP contribution in [0.3, 0.4) is 0 Å². The molecule has 0 aliphatic carbocycles. The molecule has 0 unspecified atom stereocenters. The largest absolute Gasteiger partial charge is 0.466 e. The van der Waals surface area contributed by atoms with E-state index in [-0.39, 0.29) is 56.5 Å². The summed E-state index contributed by atoms with van der Waals surface area (Å²) in [6.45, 7) is 12.2. The maximum Gasteiger partial charge on any atom is 0.333 e. The minimum absolute atomic E-state index is 0.0308. The van der Waals surface area contributed by atoms with E-state index in [1.165, 1.54) is 14.0 Å². The molecule has 0 aromatic carbocycles. The molecule has 0 saturated heterocycles. The number of carbonyl (C=O) groups is 5. The first kappa shape index (κ1) is 35.1. The van der Waals surface area contributed by atoms with Gasteiger partial charge in [-0.3, -0.25) is 19.2 Å². The van der Waals surface area contributed by atoms with Crippen LogP contribution < -0.4 is 0 Å². The molecule has 0 heterocycles. The van der Waals surface area contributed by atoms with Gasteiger partial charge in [-0.2, -0.15) is 0 Å². The van der Waals surface area contributed by atoms with E-state index < -0.39 is 42.2 Å². The van der Waals surface area contributed by atoms with Gasteiger partial charge in [0.05, 0.1) is 13.7 Å². The van der Waals surface area contributed by atoms with E-state index in [4.69, 9.17) is 23.7 Å². The molecule has 0 spiro atoms. The molecule has 0 saturated carbocycles. The third kappa shape index (κ3) is 16.8. The van der Waals surface area contributed by atoms with Gasteiger partial charge in [-0.05, 0) is 31.6 Å². The molecule has 3 atom stereocenters. The molecular formula is C28H46O10. The number of ether oxygens (including phenoxy) is 5. The highest BCUT2D eigenvalue weighted by molar-refractivity contribution is 5.87. The Morgan fingerprint density at radius 2 is 1.39 bits per heavy atom. The number of esters is 5. The van der Waals surface area contributed by atoms with Crippen molar-refractivity contribution in [3.63, 3.8) is 0 Å². The third-order valence-electron chi connectivity index (χ3n) is 5.34. The lowest BCUT2D eigenvalue weighted by Gasteiger charge is -2.29. The molecule has 10 nitrogen and oxygen atoms in total. The summed E-state index contributed by atoms with van der Waals surface area (Å²) in [4.78, 5) is 60.3. The zero-order chi connectivity index (χ0) is 29.3. The van der Waals surface area contributed by atoms with Crippen molar-refractivity contribution in [2.45, 2.75) is 112 Å². The minimum Gasteiger partial charge on any atom is -0.466 e. The fourth-order valence-corrected chi connectivity index (χ4v) is 3.50. The first-order chi connectivity index (χ1) is 17.8. The summed E-state index contributed by atoms with van der Waals surface area (Å²) < 4.78 is 26.8. The Morgan fingerprint density at radius 3 is 1.92 bits per heavy atom. The molecule has 0 aromatic heterocycles. The SMILES string of the molecule is CCC(=O)O[C@H](C/C=C(\C)C(=O)OC)C[C@H](OC(C)=O)[C@H](CCCOC(=O)CC(C)C)OC(=O)CC(C)C. The van der Waals surface area contributed by atoms with Crippen molar-refractivity contribution in [3.05, 3.63) is 11.6 Å². The van der Waals surface area contributed by atoms with Crippen LogP contribution >= 0.6 is 0 Å². The number of methoxy groups -OCH3 is 1. The minimum atomic E-state index is -0.934. The van der Waals surface area contributed by atoms with Crippen molar-refractivity contribution >= 4 is 29.8 Å². The molecule has 218 valence electrons. The zero-order valence-electron chi connectivity index (χ0n) is 24.2. The highest BCUT2D eigenvalue weighted by atomic mass is 16.6. The van der Waals surface area contributed by atoms with Crippen molar-refractivity contribution < 1.29 is 47.7 Å². The highest BCUT2D eigenvalue weighted by Crippen LogP contribution is 2.22. The van der Waals surface area contributed by atoms with Crippen molar-refractivity contribution in [2.75, 3.05) is 13.7 Å². The summed E-state index contributed by atoms with van der Waals surface area (Å²) in [6, 6.07) is 0. The predicted octanol–water partition coefficient (Wildman–Crippen LogP) is 4.47. The maximum atomic E-state index is 12.6. The summed E-state index contributed by atoms with van der Waals surface area (Å²) in [5.74, 6) is -2.13. The predicted molar refractivity (Wildman–Crippen MR) is 140 cm³/mol. The monoisotopic (exact) mass is 542 g/mol. The first-order valence-electron chi connectivity index (χ1n) is 13.3. The third-order valence-corrected chi connectivity index (χ3v) is 5.34. The maximum absolute atomic E-state index is 12.6. The van der Waals surface area contributed by atoms with Crippen LogP contribution in [0.15, 0.2) is 11.6 Å². The van der Waals surface area contributed by atoms with E-state index in [1.807, 2.05) is 27.7 Å². The topological polar surface area (TPSA) is 132 Å². The zero-order valence-corrected chi connectivity index (χ0v) is 24.2. The standard InChI is InChI=1S/C28H46O10/c1-9-25(30)37-22(13-12-20(6)28(33)34-8)17-24(36-21(7)29)23(38-27(32)16-19(4)5)11-10-14-35-26(31)15-18(2)3/h12,18-19,22-24H,9-11,13-17H2,1-8H3/b20-12+/t22-,23+,24+/m1/s1. The van der Waals surface area contributed by atoms with E-state index in [9.17, 15) is 24.0 Å². The van der Waals surface area contributed by atoms with E-state index in [0.29, 0.717) is 18.4 Å². The van der Waals surface area contributed by atoms with Crippen LogP contribution in [0.5, 0.6) is 0 Å². The first-order valence-corrected chi connectivity index (χ1v) is 13.3. The molecular weight excluding hydrogens is 496 g/mol. The average Bonchev–Trinajstić information content (AvgIpc) is 2.81. The van der Waals surface area contributed by atoms with Crippen molar-refractivity contribution in [1.29, 1.82) is 0 Å². The van der Waals surface area contributed by atoms with Crippen LogP contribution in [0.2, 0.25) is 0 Å². The molecule has 0 rings (SSSR count). The lowest BCUT2D eigenvalue weighted by atomic mass is 9.99. The fraction of sp³-hybridized carbons (Fsp3) is 0.750. The van der Waals surface area contributed by atoms with Crippen LogP contribution in [0.1, 0.15) is 93.4 Å². The van der Waals surface area contributed by atoms with Gasteiger partial charge in [0.1, 0.15) is 18.3 Å². The molecule has 0 aromatic rings. The van der Waals surface area contributed by atoms with Gasteiger partial charge in [-0.1, -0.05) is 40.7 Å². The average molecular weight is 543 g/mol. The molecule has 0 bridgehead atoms. The smallest absolute Gasteiger partial charge is 0.333 e. The summed E-state index contributed by atoms with van der Waals surface area (Å²) in [6.07, 6.45) is 0.423. The summed E-state index contributed by atoms with van der Waals surface area (Å²) in [5.41, 5.74) is 0.331. The van der Waals surface area contributed by atoms with Gasteiger partial charge < -0.3 is 23.7 Å². The quantitative estimate of drug-likeness (QED) is 0.106. The second-order valence-electron chi connectivity index (χ2n) is 10.1. The van der Waals surface area contributed by atoms with Gasteiger partial charge in [-0.25, -0.2) is 4.79 Å². The van der Waals surface area contributed by atoms with Crippen LogP contribution in [0, 0.1) is 11.8 Å². The van der Waals surface area contributed by atoms with Gasteiger partial charge >= 0.3 is 29.8 Å². The van der Waals surface area contributed by atoms with Gasteiger partial charge in [0.25, 0.3) is 0 Å². The molecule has 38 heavy (non-hydrogen) atoms. The van der Waals surface area contributed by atoms with Crippen molar-refractivity contribution in [2.24, 2.45) is 11.8 Å². The van der Waals surface area contributed by atoms with Gasteiger partial charge in [0.2, 0.25) is 0 Å². The Bertz CT molecular complexity index is 799. The van der Waals surface area contributed by atoms with Crippen molar-refractivity contribution in [1.82, 2.24) is 0 Å². The summed E-state index contributed by atoms with van der Waals surface area (Å²) >= 11 is 0. The Kier molecular flexibility index (Phi) is 17.7. The summed E-state index contributed by atoms with van der Waals surface area (Å²) in [7, 11) is 1.27. The number of hydrogen-bond acceptors (Lipinski definition) is 10. The van der Waals surface area contributed by atoms with Crippen LogP contribution in [0.25, 0.3) is 0 Å². The Labute approximate surface area is 226 Å². The molecule has 0 N–H and O–H groups in total. The molecule has 0 amide bonds. The Hall–Kier alpha value is -2.91. The number of hydrogen-bond donors (Lipinski definition) is 0. The lowest BCUT2D eigenvalue weighted by molar-refractivity contribution is -0.173. The van der Waals surface area contributed by atoms with Gasteiger partial charge in [0.15, 0.2) is 0 Å². The van der Waals surface area contributed by atoms with E-state index in [2.05, 4.69) is 0 Å². The normalized spacial score (nSPS) is 13.9. The number of rotatable bonds is 18.